The standard InChI is InChI=1S/C7H12O4.2H2N.Pt/c1-7(2,3)4(5(8)9)6(10)11;;;/h4H,1-3H3,(H,8,9)(H,10,11);2*1H2;/q;2*-1;+2. The van der Waals surface area contributed by atoms with E-state index in [9.17, 15) is 9.59 Å². The van der Waals surface area contributed by atoms with Gasteiger partial charge in [0.05, 0.1) is 0 Å². The van der Waals surface area contributed by atoms with E-state index < -0.39 is 23.3 Å². The minimum absolute atomic E-state index is 0. The van der Waals surface area contributed by atoms with Gasteiger partial charge < -0.3 is 22.5 Å². The Hall–Kier alpha value is -0.452. The predicted molar refractivity (Wildman–Crippen MR) is 48.8 cm³/mol. The van der Waals surface area contributed by atoms with Gasteiger partial charge in [-0.05, 0) is 5.41 Å². The van der Waals surface area contributed by atoms with Gasteiger partial charge in [-0.25, -0.2) is 0 Å². The van der Waals surface area contributed by atoms with Gasteiger partial charge in [0.2, 0.25) is 0 Å². The first-order chi connectivity index (χ1) is 4.76. The Morgan fingerprint density at radius 2 is 1.21 bits per heavy atom. The van der Waals surface area contributed by atoms with Crippen molar-refractivity contribution in [1.29, 1.82) is 0 Å². The molecule has 0 saturated carbocycles. The number of hydrogen-bond acceptors (Lipinski definition) is 2. The number of rotatable bonds is 2. The molecule has 0 rings (SSSR count). The molecule has 0 spiro atoms. The van der Waals surface area contributed by atoms with Crippen LogP contribution in [0.15, 0.2) is 0 Å². The molecule has 0 aromatic heterocycles. The van der Waals surface area contributed by atoms with Gasteiger partial charge in [-0.3, -0.25) is 9.59 Å². The van der Waals surface area contributed by atoms with Gasteiger partial charge in [0.1, 0.15) is 0 Å². The Kier molecular flexibility index (Phi) is 13.2. The fourth-order valence-corrected chi connectivity index (χ4v) is 0.846. The van der Waals surface area contributed by atoms with Crippen LogP contribution in [0.4, 0.5) is 0 Å². The summed E-state index contributed by atoms with van der Waals surface area (Å²) in [7, 11) is 0. The Labute approximate surface area is 97.5 Å². The molecule has 0 fully saturated rings. The number of hydrogen-bond donors (Lipinski definition) is 2. The summed E-state index contributed by atoms with van der Waals surface area (Å²) in [6.07, 6.45) is 0. The van der Waals surface area contributed by atoms with E-state index in [0.717, 1.165) is 0 Å². The van der Waals surface area contributed by atoms with Gasteiger partial charge in [-0.1, -0.05) is 20.8 Å². The molecule has 0 aliphatic rings. The van der Waals surface area contributed by atoms with Gasteiger partial charge in [0.25, 0.3) is 0 Å². The summed E-state index contributed by atoms with van der Waals surface area (Å²) in [5, 5.41) is 17.0. The van der Waals surface area contributed by atoms with Crippen LogP contribution in [0, 0.1) is 11.3 Å². The number of carbonyl (C=O) groups is 2. The van der Waals surface area contributed by atoms with Crippen LogP contribution in [0.5, 0.6) is 0 Å². The second-order valence-corrected chi connectivity index (χ2v) is 3.48. The average Bonchev–Trinajstić information content (AvgIpc) is 1.54. The molecule has 7 heteroatoms. The summed E-state index contributed by atoms with van der Waals surface area (Å²) in [6, 6.07) is 0. The zero-order chi connectivity index (χ0) is 9.23. The molecule has 6 nitrogen and oxygen atoms in total. The van der Waals surface area contributed by atoms with Crippen LogP contribution in [0.2, 0.25) is 0 Å². The monoisotopic (exact) mass is 387 g/mol. The van der Waals surface area contributed by atoms with Crippen molar-refractivity contribution in [1.82, 2.24) is 0 Å². The molecule has 0 aromatic rings. The van der Waals surface area contributed by atoms with E-state index in [4.69, 9.17) is 10.2 Å². The van der Waals surface area contributed by atoms with Crippen molar-refractivity contribution in [2.45, 2.75) is 20.8 Å². The molecule has 0 bridgehead atoms. The fourth-order valence-electron chi connectivity index (χ4n) is 0.846. The van der Waals surface area contributed by atoms with Crippen molar-refractivity contribution < 1.29 is 40.9 Å². The second-order valence-electron chi connectivity index (χ2n) is 3.48. The zero-order valence-electron chi connectivity index (χ0n) is 8.26. The second kappa shape index (κ2) is 7.91. The first-order valence-corrected chi connectivity index (χ1v) is 3.22. The molecule has 6 N–H and O–H groups in total. The molecule has 0 aliphatic heterocycles. The minimum atomic E-state index is -1.33. The third-order valence-corrected chi connectivity index (χ3v) is 1.36. The average molecular weight is 387 g/mol. The summed E-state index contributed by atoms with van der Waals surface area (Å²) in [5.74, 6) is -3.91. The van der Waals surface area contributed by atoms with Crippen molar-refractivity contribution in [3.63, 3.8) is 0 Å². The first-order valence-electron chi connectivity index (χ1n) is 3.22. The zero-order valence-corrected chi connectivity index (χ0v) is 10.5. The van der Waals surface area contributed by atoms with Crippen molar-refractivity contribution in [3.8, 4) is 0 Å². The molecule has 0 aliphatic carbocycles. The number of nitrogens with two attached hydrogens (primary N) is 2. The molecule has 0 heterocycles. The van der Waals surface area contributed by atoms with E-state index >= 15 is 0 Å². The third-order valence-electron chi connectivity index (χ3n) is 1.36. The molecule has 0 atom stereocenters. The van der Waals surface area contributed by atoms with E-state index in [1.165, 1.54) is 0 Å². The van der Waals surface area contributed by atoms with Crippen LogP contribution in [0.1, 0.15) is 20.8 Å². The van der Waals surface area contributed by atoms with Crippen molar-refractivity contribution >= 4 is 11.9 Å². The topological polar surface area (TPSA) is 142 Å². The molecule has 88 valence electrons. The summed E-state index contributed by atoms with van der Waals surface area (Å²) in [5.41, 5.74) is -0.738. The Bertz CT molecular complexity index is 177. The summed E-state index contributed by atoms with van der Waals surface area (Å²) < 4.78 is 0. The summed E-state index contributed by atoms with van der Waals surface area (Å²) in [4.78, 5) is 20.8. The predicted octanol–water partition coefficient (Wildman–Crippen LogP) is 2.25. The van der Waals surface area contributed by atoms with Crippen molar-refractivity contribution in [2.24, 2.45) is 11.3 Å². The van der Waals surface area contributed by atoms with Crippen molar-refractivity contribution in [3.05, 3.63) is 12.3 Å². The molecule has 0 unspecified atom stereocenters. The van der Waals surface area contributed by atoms with Crippen LogP contribution in [-0.2, 0) is 30.7 Å². The smallest absolute Gasteiger partial charge is 0.693 e. The van der Waals surface area contributed by atoms with E-state index in [-0.39, 0.29) is 33.4 Å². The minimum Gasteiger partial charge on any atom is -0.693 e. The third kappa shape index (κ3) is 7.00. The van der Waals surface area contributed by atoms with E-state index in [0.29, 0.717) is 0 Å². The van der Waals surface area contributed by atoms with Crippen LogP contribution < -0.4 is 0 Å². The van der Waals surface area contributed by atoms with E-state index in [2.05, 4.69) is 0 Å². The maximum atomic E-state index is 10.4. The number of carboxylic acid groups (broad SMARTS) is 2. The number of aliphatic carboxylic acids is 2. The fraction of sp³-hybridized carbons (Fsp3) is 0.714. The van der Waals surface area contributed by atoms with Gasteiger partial charge in [-0.15, -0.1) is 0 Å². The van der Waals surface area contributed by atoms with Crippen molar-refractivity contribution in [2.75, 3.05) is 0 Å². The molecule has 0 amide bonds. The largest absolute Gasteiger partial charge is 2.00 e. The van der Waals surface area contributed by atoms with Gasteiger partial charge in [0.15, 0.2) is 5.92 Å². The molecule has 0 aromatic carbocycles. The molecule has 14 heavy (non-hydrogen) atoms. The van der Waals surface area contributed by atoms with Crippen LogP contribution in [0.3, 0.4) is 0 Å². The summed E-state index contributed by atoms with van der Waals surface area (Å²) >= 11 is 0. The Balaban J connectivity index is -0.000000167. The van der Waals surface area contributed by atoms with Gasteiger partial charge >= 0.3 is 33.0 Å². The SMILES string of the molecule is CC(C)(C)C(C(=O)O)C(=O)O.[NH2-].[NH2-].[Pt+2]. The number of carboxylic acids is 2. The Morgan fingerprint density at radius 1 is 1.00 bits per heavy atom. The Morgan fingerprint density at radius 3 is 1.21 bits per heavy atom. The van der Waals surface area contributed by atoms with E-state index in [1.807, 2.05) is 0 Å². The maximum absolute atomic E-state index is 10.4. The quantitative estimate of drug-likeness (QED) is 0.701. The summed E-state index contributed by atoms with van der Waals surface area (Å²) in [6.45, 7) is 4.75. The maximum Gasteiger partial charge on any atom is 2.00 e. The molecular weight excluding hydrogens is 371 g/mol. The molecular formula is C7H16N2O4Pt. The molecule has 0 saturated heterocycles. The van der Waals surface area contributed by atoms with Crippen LogP contribution in [0.25, 0.3) is 12.3 Å². The van der Waals surface area contributed by atoms with Crippen LogP contribution >= 0.6 is 0 Å². The normalized spacial score (nSPS) is 9.14. The van der Waals surface area contributed by atoms with Gasteiger partial charge in [-0.2, -0.15) is 0 Å². The van der Waals surface area contributed by atoms with Crippen LogP contribution in [-0.4, -0.2) is 22.2 Å². The first kappa shape index (κ1) is 23.4. The van der Waals surface area contributed by atoms with Gasteiger partial charge in [0, 0.05) is 0 Å². The molecule has 0 radical (unpaired) electrons. The van der Waals surface area contributed by atoms with E-state index in [1.54, 1.807) is 20.8 Å².